The lowest BCUT2D eigenvalue weighted by atomic mass is 10.1. The lowest BCUT2D eigenvalue weighted by Gasteiger charge is -2.03. The summed E-state index contributed by atoms with van der Waals surface area (Å²) in [6.45, 7) is 0. The van der Waals surface area contributed by atoms with Gasteiger partial charge in [-0.05, 0) is 40.3 Å². The molecule has 1 heterocycles. The van der Waals surface area contributed by atoms with Crippen LogP contribution in [0, 0.1) is 14.9 Å². The highest BCUT2D eigenvalue weighted by atomic mass is 127. The highest BCUT2D eigenvalue weighted by Crippen LogP contribution is 2.36. The molecule has 0 saturated heterocycles. The first kappa shape index (κ1) is 13.2. The van der Waals surface area contributed by atoms with Crippen LogP contribution in [0.2, 0.25) is 5.15 Å². The average molecular weight is 373 g/mol. The molecule has 0 fully saturated rings. The van der Waals surface area contributed by atoms with Crippen LogP contribution < -0.4 is 4.74 Å². The zero-order chi connectivity index (χ0) is 13.3. The Morgan fingerprint density at radius 1 is 1.33 bits per heavy atom. The average Bonchev–Trinajstić information content (AvgIpc) is 2.60. The van der Waals surface area contributed by atoms with Crippen LogP contribution in [0.15, 0.2) is 24.3 Å². The van der Waals surface area contributed by atoms with E-state index < -0.39 is 0 Å². The third kappa shape index (κ3) is 2.08. The first-order valence-corrected chi connectivity index (χ1v) is 6.64. The van der Waals surface area contributed by atoms with Crippen molar-refractivity contribution in [1.82, 2.24) is 4.57 Å². The Morgan fingerprint density at radius 3 is 2.39 bits per heavy atom. The molecule has 0 aliphatic carbocycles. The standard InChI is InChI=1S/C13H10ClIN2O/c1-17-10(7-16)12(15)11(13(17)14)8-3-5-9(18-2)6-4-8/h3-6H,1-2H3. The fraction of sp³-hybridized carbons (Fsp3) is 0.154. The summed E-state index contributed by atoms with van der Waals surface area (Å²) in [5, 5.41) is 9.68. The summed E-state index contributed by atoms with van der Waals surface area (Å²) in [6.07, 6.45) is 0. The van der Waals surface area contributed by atoms with Gasteiger partial charge >= 0.3 is 0 Å². The van der Waals surface area contributed by atoms with Gasteiger partial charge in [0.05, 0.1) is 10.7 Å². The number of nitriles is 1. The van der Waals surface area contributed by atoms with Crippen molar-refractivity contribution in [2.24, 2.45) is 7.05 Å². The summed E-state index contributed by atoms with van der Waals surface area (Å²) in [5.74, 6) is 0.793. The van der Waals surface area contributed by atoms with Crippen LogP contribution in [0.3, 0.4) is 0 Å². The molecule has 5 heteroatoms. The minimum atomic E-state index is 0.570. The van der Waals surface area contributed by atoms with E-state index in [0.29, 0.717) is 10.8 Å². The van der Waals surface area contributed by atoms with E-state index in [2.05, 4.69) is 28.7 Å². The molecule has 0 saturated carbocycles. The lowest BCUT2D eigenvalue weighted by Crippen LogP contribution is -1.91. The predicted molar refractivity (Wildman–Crippen MR) is 79.8 cm³/mol. The van der Waals surface area contributed by atoms with Crippen molar-refractivity contribution in [3.63, 3.8) is 0 Å². The zero-order valence-electron chi connectivity index (χ0n) is 9.87. The third-order valence-corrected chi connectivity index (χ3v) is 4.24. The van der Waals surface area contributed by atoms with Crippen molar-refractivity contribution in [2.75, 3.05) is 7.11 Å². The highest BCUT2D eigenvalue weighted by Gasteiger charge is 2.19. The number of hydrogen-bond acceptors (Lipinski definition) is 2. The molecule has 0 bridgehead atoms. The van der Waals surface area contributed by atoms with E-state index in [-0.39, 0.29) is 0 Å². The molecular weight excluding hydrogens is 363 g/mol. The van der Waals surface area contributed by atoms with Crippen LogP contribution in [0.4, 0.5) is 0 Å². The highest BCUT2D eigenvalue weighted by molar-refractivity contribution is 14.1. The quantitative estimate of drug-likeness (QED) is 0.752. The van der Waals surface area contributed by atoms with E-state index in [4.69, 9.17) is 21.6 Å². The fourth-order valence-corrected chi connectivity index (χ4v) is 3.25. The van der Waals surface area contributed by atoms with Gasteiger partial charge in [-0.1, -0.05) is 23.7 Å². The van der Waals surface area contributed by atoms with E-state index in [0.717, 1.165) is 20.4 Å². The number of halogens is 2. The van der Waals surface area contributed by atoms with Gasteiger partial charge < -0.3 is 9.30 Å². The molecule has 3 nitrogen and oxygen atoms in total. The molecule has 92 valence electrons. The first-order valence-electron chi connectivity index (χ1n) is 5.18. The lowest BCUT2D eigenvalue weighted by molar-refractivity contribution is 0.415. The van der Waals surface area contributed by atoms with Gasteiger partial charge in [-0.25, -0.2) is 0 Å². The summed E-state index contributed by atoms with van der Waals surface area (Å²) in [4.78, 5) is 0. The number of nitrogens with zero attached hydrogens (tertiary/aromatic N) is 2. The Kier molecular flexibility index (Phi) is 3.83. The summed E-state index contributed by atoms with van der Waals surface area (Å²) >= 11 is 8.43. The van der Waals surface area contributed by atoms with Crippen molar-refractivity contribution in [2.45, 2.75) is 0 Å². The topological polar surface area (TPSA) is 37.9 Å². The van der Waals surface area contributed by atoms with Crippen molar-refractivity contribution in [3.8, 4) is 22.9 Å². The molecule has 0 atom stereocenters. The van der Waals surface area contributed by atoms with Crippen molar-refractivity contribution in [1.29, 1.82) is 5.26 Å². The molecule has 2 aromatic rings. The Balaban J connectivity index is 2.61. The SMILES string of the molecule is COc1ccc(-c2c(I)c(C#N)n(C)c2Cl)cc1. The van der Waals surface area contributed by atoms with Crippen molar-refractivity contribution >= 4 is 34.2 Å². The van der Waals surface area contributed by atoms with Crippen molar-refractivity contribution < 1.29 is 4.74 Å². The summed E-state index contributed by atoms with van der Waals surface area (Å²) in [7, 11) is 3.41. The molecule has 0 aliphatic rings. The minimum absolute atomic E-state index is 0.570. The van der Waals surface area contributed by atoms with Crippen LogP contribution >= 0.6 is 34.2 Å². The Morgan fingerprint density at radius 2 is 1.94 bits per heavy atom. The Hall–Kier alpha value is -1.19. The zero-order valence-corrected chi connectivity index (χ0v) is 12.8. The molecule has 0 N–H and O–H groups in total. The van der Waals surface area contributed by atoms with Gasteiger partial charge in [0.25, 0.3) is 0 Å². The van der Waals surface area contributed by atoms with Crippen LogP contribution in [-0.4, -0.2) is 11.7 Å². The van der Waals surface area contributed by atoms with E-state index in [1.807, 2.05) is 24.3 Å². The Labute approximate surface area is 124 Å². The molecule has 0 amide bonds. The summed E-state index contributed by atoms with van der Waals surface area (Å²) in [5.41, 5.74) is 2.44. The van der Waals surface area contributed by atoms with Gasteiger partial charge in [0, 0.05) is 12.6 Å². The second-order valence-electron chi connectivity index (χ2n) is 3.73. The number of benzene rings is 1. The van der Waals surface area contributed by atoms with Gasteiger partial charge in [0.2, 0.25) is 0 Å². The van der Waals surface area contributed by atoms with Gasteiger partial charge in [-0.15, -0.1) is 0 Å². The molecule has 1 aromatic heterocycles. The van der Waals surface area contributed by atoms with Gasteiger partial charge in [0.15, 0.2) is 0 Å². The third-order valence-electron chi connectivity index (χ3n) is 2.75. The number of methoxy groups -OCH3 is 1. The second-order valence-corrected chi connectivity index (χ2v) is 5.16. The normalized spacial score (nSPS) is 10.2. The second kappa shape index (κ2) is 5.21. The van der Waals surface area contributed by atoms with Gasteiger partial charge in [-0.2, -0.15) is 5.26 Å². The molecule has 0 aliphatic heterocycles. The molecule has 1 aromatic carbocycles. The molecular formula is C13H10ClIN2O. The summed E-state index contributed by atoms with van der Waals surface area (Å²) < 4.78 is 7.69. The Bertz CT molecular complexity index is 626. The van der Waals surface area contributed by atoms with Crippen LogP contribution in [0.5, 0.6) is 5.75 Å². The van der Waals surface area contributed by atoms with Crippen LogP contribution in [-0.2, 0) is 7.05 Å². The number of aromatic nitrogens is 1. The maximum atomic E-state index is 9.11. The van der Waals surface area contributed by atoms with Crippen LogP contribution in [0.25, 0.3) is 11.1 Å². The molecule has 18 heavy (non-hydrogen) atoms. The van der Waals surface area contributed by atoms with E-state index in [1.54, 1.807) is 18.7 Å². The summed E-state index contributed by atoms with van der Waals surface area (Å²) in [6, 6.07) is 9.78. The number of ether oxygens (including phenoxy) is 1. The van der Waals surface area contributed by atoms with E-state index in [1.165, 1.54) is 0 Å². The largest absolute Gasteiger partial charge is 0.497 e. The fourth-order valence-electron chi connectivity index (χ4n) is 1.75. The molecule has 0 unspecified atom stereocenters. The molecule has 0 spiro atoms. The first-order chi connectivity index (χ1) is 8.60. The predicted octanol–water partition coefficient (Wildman–Crippen LogP) is 3.83. The van der Waals surface area contributed by atoms with Gasteiger partial charge in [0.1, 0.15) is 22.7 Å². The van der Waals surface area contributed by atoms with E-state index in [9.17, 15) is 0 Å². The molecule has 2 rings (SSSR count). The monoisotopic (exact) mass is 372 g/mol. The number of rotatable bonds is 2. The van der Waals surface area contributed by atoms with Crippen molar-refractivity contribution in [3.05, 3.63) is 38.7 Å². The maximum Gasteiger partial charge on any atom is 0.135 e. The van der Waals surface area contributed by atoms with Crippen LogP contribution in [0.1, 0.15) is 5.69 Å². The maximum absolute atomic E-state index is 9.11. The minimum Gasteiger partial charge on any atom is -0.497 e. The van der Waals surface area contributed by atoms with E-state index >= 15 is 0 Å². The van der Waals surface area contributed by atoms with Gasteiger partial charge in [-0.3, -0.25) is 0 Å². The number of hydrogen-bond donors (Lipinski definition) is 0. The smallest absolute Gasteiger partial charge is 0.135 e. The molecule has 0 radical (unpaired) electrons.